The monoisotopic (exact) mass is 250 g/mol. The molecule has 2 aromatic heterocycles. The van der Waals surface area contributed by atoms with E-state index in [-0.39, 0.29) is 5.91 Å². The van der Waals surface area contributed by atoms with Crippen LogP contribution in [0.5, 0.6) is 0 Å². The molecule has 3 N–H and O–H groups in total. The molecule has 0 aliphatic carbocycles. The number of nitrogens with two attached hydrogens (primary N) is 1. The van der Waals surface area contributed by atoms with Crippen molar-refractivity contribution in [2.45, 2.75) is 13.8 Å². The van der Waals surface area contributed by atoms with Crippen molar-refractivity contribution in [3.8, 4) is 0 Å². The Labute approximate surface area is 103 Å². The van der Waals surface area contributed by atoms with E-state index in [9.17, 15) is 4.79 Å². The van der Waals surface area contributed by atoms with Gasteiger partial charge in [-0.05, 0) is 5.92 Å². The number of nitrogen functional groups attached to an aromatic ring is 1. The minimum atomic E-state index is -0.152. The SMILES string of the molecule is CC(C)CNC(=O)c1sc2nccnc2c1N. The maximum absolute atomic E-state index is 11.9. The van der Waals surface area contributed by atoms with Gasteiger partial charge < -0.3 is 11.1 Å². The average Bonchev–Trinajstić information content (AvgIpc) is 2.64. The van der Waals surface area contributed by atoms with Crippen molar-refractivity contribution in [3.05, 3.63) is 17.3 Å². The molecule has 2 aromatic rings. The fourth-order valence-electron chi connectivity index (χ4n) is 1.39. The van der Waals surface area contributed by atoms with Gasteiger partial charge in [0.05, 0.1) is 5.69 Å². The molecule has 0 aromatic carbocycles. The van der Waals surface area contributed by atoms with Crippen molar-refractivity contribution in [1.29, 1.82) is 0 Å². The van der Waals surface area contributed by atoms with Crippen LogP contribution < -0.4 is 11.1 Å². The van der Waals surface area contributed by atoms with Gasteiger partial charge in [-0.1, -0.05) is 13.8 Å². The third-order valence-corrected chi connectivity index (χ3v) is 3.34. The zero-order valence-corrected chi connectivity index (χ0v) is 10.5. The minimum Gasteiger partial charge on any atom is -0.396 e. The van der Waals surface area contributed by atoms with Gasteiger partial charge in [0.2, 0.25) is 0 Å². The molecule has 0 atom stereocenters. The molecule has 1 amide bonds. The summed E-state index contributed by atoms with van der Waals surface area (Å²) in [7, 11) is 0. The van der Waals surface area contributed by atoms with E-state index in [1.54, 1.807) is 12.4 Å². The summed E-state index contributed by atoms with van der Waals surface area (Å²) in [6.07, 6.45) is 3.16. The van der Waals surface area contributed by atoms with E-state index in [4.69, 9.17) is 5.73 Å². The molecule has 2 heterocycles. The summed E-state index contributed by atoms with van der Waals surface area (Å²) in [6.45, 7) is 4.71. The van der Waals surface area contributed by atoms with Crippen LogP contribution in [0.4, 0.5) is 5.69 Å². The normalized spacial score (nSPS) is 11.0. The van der Waals surface area contributed by atoms with Crippen LogP contribution in [0.15, 0.2) is 12.4 Å². The number of anilines is 1. The molecule has 2 rings (SSSR count). The van der Waals surface area contributed by atoms with Gasteiger partial charge in [0.15, 0.2) is 0 Å². The summed E-state index contributed by atoms with van der Waals surface area (Å²) in [5.74, 6) is 0.256. The summed E-state index contributed by atoms with van der Waals surface area (Å²) < 4.78 is 0. The first-order valence-electron chi connectivity index (χ1n) is 5.36. The summed E-state index contributed by atoms with van der Waals surface area (Å²) >= 11 is 1.27. The number of amides is 1. The fraction of sp³-hybridized carbons (Fsp3) is 0.364. The molecule has 6 heteroatoms. The second-order valence-corrected chi connectivity index (χ2v) is 5.16. The molecule has 90 valence electrons. The van der Waals surface area contributed by atoms with E-state index < -0.39 is 0 Å². The van der Waals surface area contributed by atoms with Crippen LogP contribution in [0.2, 0.25) is 0 Å². The second-order valence-electron chi connectivity index (χ2n) is 4.16. The van der Waals surface area contributed by atoms with Crippen LogP contribution in [-0.4, -0.2) is 22.4 Å². The molecule has 0 unspecified atom stereocenters. The maximum Gasteiger partial charge on any atom is 0.263 e. The summed E-state index contributed by atoms with van der Waals surface area (Å²) in [6, 6.07) is 0. The predicted molar refractivity (Wildman–Crippen MR) is 69.0 cm³/mol. The highest BCUT2D eigenvalue weighted by Gasteiger charge is 2.17. The van der Waals surface area contributed by atoms with Gasteiger partial charge >= 0.3 is 0 Å². The Kier molecular flexibility index (Phi) is 3.23. The molecule has 0 saturated heterocycles. The minimum absolute atomic E-state index is 0.152. The van der Waals surface area contributed by atoms with Gasteiger partial charge in [-0.15, -0.1) is 11.3 Å². The van der Waals surface area contributed by atoms with Crippen molar-refractivity contribution in [3.63, 3.8) is 0 Å². The lowest BCUT2D eigenvalue weighted by Crippen LogP contribution is -2.27. The topological polar surface area (TPSA) is 80.9 Å². The lowest BCUT2D eigenvalue weighted by molar-refractivity contribution is 0.0954. The van der Waals surface area contributed by atoms with Gasteiger partial charge in [0.25, 0.3) is 5.91 Å². The Hall–Kier alpha value is -1.69. The predicted octanol–water partition coefficient (Wildman–Crippen LogP) is 1.66. The molecule has 17 heavy (non-hydrogen) atoms. The molecule has 0 fully saturated rings. The lowest BCUT2D eigenvalue weighted by atomic mass is 10.2. The van der Waals surface area contributed by atoms with Crippen LogP contribution in [-0.2, 0) is 0 Å². The Morgan fingerprint density at radius 2 is 2.18 bits per heavy atom. The van der Waals surface area contributed by atoms with Crippen LogP contribution in [0, 0.1) is 5.92 Å². The number of nitrogens with zero attached hydrogens (tertiary/aromatic N) is 2. The number of nitrogens with one attached hydrogen (secondary N) is 1. The summed E-state index contributed by atoms with van der Waals surface area (Å²) in [4.78, 5) is 21.3. The first-order chi connectivity index (χ1) is 8.09. The van der Waals surface area contributed by atoms with E-state index >= 15 is 0 Å². The molecule has 0 bridgehead atoms. The van der Waals surface area contributed by atoms with Crippen molar-refractivity contribution < 1.29 is 4.79 Å². The summed E-state index contributed by atoms with van der Waals surface area (Å²) in [5.41, 5.74) is 6.91. The average molecular weight is 250 g/mol. The molecule has 5 nitrogen and oxygen atoms in total. The van der Waals surface area contributed by atoms with Crippen molar-refractivity contribution in [2.75, 3.05) is 12.3 Å². The third kappa shape index (κ3) is 2.36. The van der Waals surface area contributed by atoms with E-state index in [0.717, 1.165) is 0 Å². The first-order valence-corrected chi connectivity index (χ1v) is 6.18. The number of carbonyl (C=O) groups excluding carboxylic acids is 1. The van der Waals surface area contributed by atoms with Crippen LogP contribution in [0.3, 0.4) is 0 Å². The lowest BCUT2D eigenvalue weighted by Gasteiger charge is -2.06. The largest absolute Gasteiger partial charge is 0.396 e. The zero-order chi connectivity index (χ0) is 12.4. The second kappa shape index (κ2) is 4.67. The van der Waals surface area contributed by atoms with Crippen LogP contribution >= 0.6 is 11.3 Å². The van der Waals surface area contributed by atoms with Gasteiger partial charge in [-0.2, -0.15) is 0 Å². The molecular weight excluding hydrogens is 236 g/mol. The number of rotatable bonds is 3. The highest BCUT2D eigenvalue weighted by molar-refractivity contribution is 7.21. The highest BCUT2D eigenvalue weighted by atomic mass is 32.1. The van der Waals surface area contributed by atoms with Crippen LogP contribution in [0.25, 0.3) is 10.3 Å². The Balaban J connectivity index is 2.29. The number of hydrogen-bond acceptors (Lipinski definition) is 5. The molecular formula is C11H14N4OS. The van der Waals surface area contributed by atoms with Gasteiger partial charge in [0, 0.05) is 18.9 Å². The maximum atomic E-state index is 11.9. The van der Waals surface area contributed by atoms with Crippen molar-refractivity contribution in [2.24, 2.45) is 5.92 Å². The number of fused-ring (bicyclic) bond motifs is 1. The third-order valence-electron chi connectivity index (χ3n) is 2.24. The number of aromatic nitrogens is 2. The van der Waals surface area contributed by atoms with Crippen molar-refractivity contribution >= 4 is 33.3 Å². The van der Waals surface area contributed by atoms with E-state index in [2.05, 4.69) is 15.3 Å². The van der Waals surface area contributed by atoms with E-state index in [1.807, 2.05) is 13.8 Å². The molecule has 0 aliphatic heterocycles. The first kappa shape index (κ1) is 11.8. The molecule has 0 radical (unpaired) electrons. The van der Waals surface area contributed by atoms with Gasteiger partial charge in [0.1, 0.15) is 15.2 Å². The number of thiophene rings is 1. The van der Waals surface area contributed by atoms with Gasteiger partial charge in [-0.25, -0.2) is 9.97 Å². The summed E-state index contributed by atoms with van der Waals surface area (Å²) in [5, 5.41) is 2.84. The van der Waals surface area contributed by atoms with Crippen molar-refractivity contribution in [1.82, 2.24) is 15.3 Å². The zero-order valence-electron chi connectivity index (χ0n) is 9.73. The quantitative estimate of drug-likeness (QED) is 0.868. The Bertz CT molecular complexity index is 549. The standard InChI is InChI=1S/C11H14N4OS/c1-6(2)5-15-10(16)9-7(12)8-11(17-9)14-4-3-13-8/h3-4,6H,5,12H2,1-2H3,(H,15,16). The Morgan fingerprint density at radius 3 is 2.82 bits per heavy atom. The molecule has 0 aliphatic rings. The molecule has 0 spiro atoms. The van der Waals surface area contributed by atoms with E-state index in [1.165, 1.54) is 11.3 Å². The smallest absolute Gasteiger partial charge is 0.263 e. The highest BCUT2D eigenvalue weighted by Crippen LogP contribution is 2.30. The van der Waals surface area contributed by atoms with Gasteiger partial charge in [-0.3, -0.25) is 4.79 Å². The van der Waals surface area contributed by atoms with E-state index in [0.29, 0.717) is 33.4 Å². The number of hydrogen-bond donors (Lipinski definition) is 2. The number of carbonyl (C=O) groups is 1. The van der Waals surface area contributed by atoms with Crippen LogP contribution in [0.1, 0.15) is 23.5 Å². The fourth-order valence-corrected chi connectivity index (χ4v) is 2.33. The Morgan fingerprint density at radius 1 is 1.47 bits per heavy atom. The molecule has 0 saturated carbocycles.